The summed E-state index contributed by atoms with van der Waals surface area (Å²) in [6, 6.07) is 4.16. The van der Waals surface area contributed by atoms with Crippen molar-refractivity contribution in [3.8, 4) is 11.8 Å². The molecule has 2 N–H and O–H groups in total. The maximum absolute atomic E-state index is 14.1. The molecule has 5 nitrogen and oxygen atoms in total. The van der Waals surface area contributed by atoms with Crippen LogP contribution in [0.5, 0.6) is 0 Å². The average molecular weight is 389 g/mol. The first-order chi connectivity index (χ1) is 13.3. The van der Waals surface area contributed by atoms with Gasteiger partial charge in [-0.15, -0.1) is 5.92 Å². The number of hydrogen-bond donors (Lipinski definition) is 1. The lowest BCUT2D eigenvalue weighted by molar-refractivity contribution is -0.132. The molecule has 1 aromatic carbocycles. The van der Waals surface area contributed by atoms with Crippen molar-refractivity contribution in [3.05, 3.63) is 59.1 Å². The van der Waals surface area contributed by atoms with Crippen molar-refractivity contribution in [2.45, 2.75) is 25.5 Å². The van der Waals surface area contributed by atoms with Crippen LogP contribution in [0.1, 0.15) is 24.5 Å². The summed E-state index contributed by atoms with van der Waals surface area (Å²) in [5, 5.41) is 0. The number of hydrogen-bond acceptors (Lipinski definition) is 4. The van der Waals surface area contributed by atoms with E-state index in [1.807, 2.05) is 0 Å². The highest BCUT2D eigenvalue weighted by atomic mass is 19.3. The molecule has 0 bridgehead atoms. The largest absolute Gasteiger partial charge is 0.435 e. The van der Waals surface area contributed by atoms with E-state index >= 15 is 0 Å². The summed E-state index contributed by atoms with van der Waals surface area (Å²) in [6.07, 6.45) is 4.63. The van der Waals surface area contributed by atoms with Gasteiger partial charge in [0.05, 0.1) is 5.56 Å². The van der Waals surface area contributed by atoms with Crippen LogP contribution in [0.2, 0.25) is 0 Å². The van der Waals surface area contributed by atoms with E-state index in [-0.39, 0.29) is 23.7 Å². The molecule has 0 saturated carbocycles. The van der Waals surface area contributed by atoms with Gasteiger partial charge in [0.15, 0.2) is 11.5 Å². The molecule has 0 radical (unpaired) electrons. The summed E-state index contributed by atoms with van der Waals surface area (Å²) in [7, 11) is 1.49. The molecule has 1 aliphatic carbocycles. The second-order valence-electron chi connectivity index (χ2n) is 6.36. The van der Waals surface area contributed by atoms with Crippen LogP contribution < -0.4 is 5.73 Å². The summed E-state index contributed by atoms with van der Waals surface area (Å²) in [5.74, 6) is 3.88. The molecule has 1 amide bonds. The van der Waals surface area contributed by atoms with Crippen LogP contribution in [0.3, 0.4) is 0 Å². The van der Waals surface area contributed by atoms with E-state index in [0.717, 1.165) is 0 Å². The number of carbonyl (C=O) groups is 1. The predicted octanol–water partition coefficient (Wildman–Crippen LogP) is 2.88. The number of likely N-dealkylation sites (N-methyl/N-ethyl adjacent to an activating group) is 1. The highest BCUT2D eigenvalue weighted by Crippen LogP contribution is 2.44. The molecule has 0 fully saturated rings. The summed E-state index contributed by atoms with van der Waals surface area (Å²) in [5.41, 5.74) is 5.01. The zero-order valence-electron chi connectivity index (χ0n) is 15.2. The average Bonchev–Trinajstić information content (AvgIpc) is 2.89. The minimum atomic E-state index is -2.94. The number of allylic oxidation sites excluding steroid dienone is 2. The lowest BCUT2D eigenvalue weighted by Crippen LogP contribution is -2.44. The minimum absolute atomic E-state index is 0.00815. The normalized spacial score (nSPS) is 24.0. The first kappa shape index (κ1) is 19.5. The molecular formula is C20H18F3N3O2. The molecule has 2 aliphatic rings. The Hall–Kier alpha value is -3.21. The highest BCUT2D eigenvalue weighted by Gasteiger charge is 2.52. The van der Waals surface area contributed by atoms with Crippen LogP contribution in [0.15, 0.2) is 47.2 Å². The van der Waals surface area contributed by atoms with E-state index in [4.69, 9.17) is 5.73 Å². The zero-order valence-corrected chi connectivity index (χ0v) is 15.2. The van der Waals surface area contributed by atoms with E-state index < -0.39 is 29.8 Å². The smallest absolute Gasteiger partial charge is 0.387 e. The van der Waals surface area contributed by atoms with Crippen molar-refractivity contribution in [2.24, 2.45) is 16.6 Å². The van der Waals surface area contributed by atoms with Crippen molar-refractivity contribution in [3.63, 3.8) is 0 Å². The van der Waals surface area contributed by atoms with Crippen LogP contribution in [-0.4, -0.2) is 30.4 Å². The third-order valence-corrected chi connectivity index (χ3v) is 4.76. The predicted molar refractivity (Wildman–Crippen MR) is 97.4 cm³/mol. The van der Waals surface area contributed by atoms with Crippen molar-refractivity contribution >= 4 is 11.9 Å². The quantitative estimate of drug-likeness (QED) is 0.806. The zero-order chi connectivity index (χ0) is 20.5. The molecule has 0 spiro atoms. The van der Waals surface area contributed by atoms with Crippen LogP contribution in [0.4, 0.5) is 13.2 Å². The number of nitrogens with zero attached hydrogens (tertiary/aromatic N) is 2. The molecule has 8 heteroatoms. The maximum Gasteiger partial charge on any atom is 0.387 e. The standard InChI is InChI=1S/C20H18F3N3O2/c1-3-4-12-11-14(7-10-16(12)21)20(17(27)26(2)19(24)25-20)13-5-8-15(9-6-13)28-18(22)23/h5,7-11,13,18H,6H2,1-2H3,(H2,24,25)/t13?,20-/m1/s1. The lowest BCUT2D eigenvalue weighted by Gasteiger charge is -2.33. The monoisotopic (exact) mass is 389 g/mol. The fraction of sp³-hybridized carbons (Fsp3) is 0.300. The number of guanidine groups is 1. The Morgan fingerprint density at radius 3 is 2.71 bits per heavy atom. The van der Waals surface area contributed by atoms with Gasteiger partial charge in [-0.05, 0) is 43.2 Å². The fourth-order valence-electron chi connectivity index (χ4n) is 3.40. The SMILES string of the molecule is CC#Cc1cc([C@@]2(C3C=CC(OC(F)F)=CC3)N=C(N)N(C)C2=O)ccc1F. The van der Waals surface area contributed by atoms with Crippen LogP contribution in [0.25, 0.3) is 0 Å². The van der Waals surface area contributed by atoms with Crippen molar-refractivity contribution in [2.75, 3.05) is 7.05 Å². The van der Waals surface area contributed by atoms with Gasteiger partial charge >= 0.3 is 6.61 Å². The van der Waals surface area contributed by atoms with Crippen LogP contribution in [-0.2, 0) is 15.1 Å². The van der Waals surface area contributed by atoms with Crippen LogP contribution >= 0.6 is 0 Å². The van der Waals surface area contributed by atoms with Crippen molar-refractivity contribution in [1.29, 1.82) is 0 Å². The number of rotatable bonds is 4. The first-order valence-electron chi connectivity index (χ1n) is 8.49. The number of halogens is 3. The first-order valence-corrected chi connectivity index (χ1v) is 8.49. The van der Waals surface area contributed by atoms with Gasteiger partial charge in [-0.25, -0.2) is 9.38 Å². The van der Waals surface area contributed by atoms with Gasteiger partial charge < -0.3 is 10.5 Å². The van der Waals surface area contributed by atoms with Gasteiger partial charge in [0.1, 0.15) is 11.6 Å². The Kier molecular flexibility index (Phi) is 5.18. The van der Waals surface area contributed by atoms with E-state index in [0.29, 0.717) is 5.56 Å². The van der Waals surface area contributed by atoms with Gasteiger partial charge in [-0.2, -0.15) is 8.78 Å². The summed E-state index contributed by atoms with van der Waals surface area (Å²) < 4.78 is 43.3. The molecule has 0 saturated heterocycles. The Balaban J connectivity index is 2.09. The Morgan fingerprint density at radius 2 is 2.18 bits per heavy atom. The molecule has 146 valence electrons. The lowest BCUT2D eigenvalue weighted by atomic mass is 9.74. The van der Waals surface area contributed by atoms with E-state index in [1.165, 1.54) is 42.3 Å². The molecular weight excluding hydrogens is 371 g/mol. The van der Waals surface area contributed by atoms with Crippen LogP contribution in [0, 0.1) is 23.6 Å². The van der Waals surface area contributed by atoms with E-state index in [1.54, 1.807) is 13.0 Å². The molecule has 1 heterocycles. The number of amides is 1. The second kappa shape index (κ2) is 7.43. The van der Waals surface area contributed by atoms with Gasteiger partial charge in [0, 0.05) is 13.0 Å². The molecule has 28 heavy (non-hydrogen) atoms. The summed E-state index contributed by atoms with van der Waals surface area (Å²) in [4.78, 5) is 18.8. The van der Waals surface area contributed by atoms with E-state index in [2.05, 4.69) is 21.6 Å². The molecule has 0 aromatic heterocycles. The molecule has 1 unspecified atom stereocenters. The van der Waals surface area contributed by atoms with E-state index in [9.17, 15) is 18.0 Å². The highest BCUT2D eigenvalue weighted by molar-refractivity contribution is 6.07. The Morgan fingerprint density at radius 1 is 1.43 bits per heavy atom. The van der Waals surface area contributed by atoms with Gasteiger partial charge in [0.25, 0.3) is 5.91 Å². The topological polar surface area (TPSA) is 67.9 Å². The third kappa shape index (κ3) is 3.24. The number of alkyl halides is 2. The molecule has 1 aliphatic heterocycles. The number of aliphatic imine (C=N–C) groups is 1. The fourth-order valence-corrected chi connectivity index (χ4v) is 3.40. The van der Waals surface area contributed by atoms with Crippen molar-refractivity contribution in [1.82, 2.24) is 4.90 Å². The molecule has 1 aromatic rings. The Labute approximate surface area is 160 Å². The minimum Gasteiger partial charge on any atom is -0.435 e. The molecule has 2 atom stereocenters. The number of benzene rings is 1. The summed E-state index contributed by atoms with van der Waals surface area (Å²) >= 11 is 0. The maximum atomic E-state index is 14.1. The number of nitrogens with two attached hydrogens (primary N) is 1. The Bertz CT molecular complexity index is 959. The second-order valence-corrected chi connectivity index (χ2v) is 6.36. The van der Waals surface area contributed by atoms with Crippen molar-refractivity contribution < 1.29 is 22.7 Å². The third-order valence-electron chi connectivity index (χ3n) is 4.76. The summed E-state index contributed by atoms with van der Waals surface area (Å²) in [6.45, 7) is -1.37. The van der Waals surface area contributed by atoms with Gasteiger partial charge in [-0.3, -0.25) is 9.69 Å². The van der Waals surface area contributed by atoms with Gasteiger partial charge in [-0.1, -0.05) is 18.1 Å². The molecule has 3 rings (SSSR count). The number of carbonyl (C=O) groups excluding carboxylic acids is 1. The van der Waals surface area contributed by atoms with Gasteiger partial charge in [0.2, 0.25) is 0 Å². The number of ether oxygens (including phenoxy) is 1.